The summed E-state index contributed by atoms with van der Waals surface area (Å²) in [5.74, 6) is -4.70. The van der Waals surface area contributed by atoms with Gasteiger partial charge in [-0.2, -0.15) is 13.2 Å². The number of esters is 1. The Balaban J connectivity index is 1.57. The van der Waals surface area contributed by atoms with Gasteiger partial charge in [0.2, 0.25) is 11.8 Å². The lowest BCUT2D eigenvalue weighted by Gasteiger charge is -2.50. The van der Waals surface area contributed by atoms with Crippen molar-refractivity contribution in [3.8, 4) is 11.5 Å². The molecule has 1 aromatic heterocycles. The maximum atomic E-state index is 14.2. The lowest BCUT2D eigenvalue weighted by Crippen LogP contribution is -2.72. The number of alkyl halides is 6. The van der Waals surface area contributed by atoms with Gasteiger partial charge in [0.25, 0.3) is 0 Å². The molecule has 4 unspecified atom stereocenters. The van der Waals surface area contributed by atoms with Crippen LogP contribution in [0.5, 0.6) is 0 Å². The average molecular weight is 550 g/mol. The van der Waals surface area contributed by atoms with Gasteiger partial charge in [-0.15, -0.1) is 23.4 Å². The van der Waals surface area contributed by atoms with Gasteiger partial charge >= 0.3 is 18.5 Å². The van der Waals surface area contributed by atoms with Gasteiger partial charge in [0, 0.05) is 43.3 Å². The second-order valence-corrected chi connectivity index (χ2v) is 9.84. The second-order valence-electron chi connectivity index (χ2n) is 9.84. The summed E-state index contributed by atoms with van der Waals surface area (Å²) >= 11 is 0. The molecule has 1 aromatic carbocycles. The summed E-state index contributed by atoms with van der Waals surface area (Å²) in [4.78, 5) is 14.3. The Labute approximate surface area is 214 Å². The molecule has 1 aliphatic carbocycles. The third kappa shape index (κ3) is 6.22. The van der Waals surface area contributed by atoms with Crippen LogP contribution in [0.2, 0.25) is 0 Å². The van der Waals surface area contributed by atoms with Crippen molar-refractivity contribution in [2.24, 2.45) is 11.7 Å². The number of rotatable bonds is 6. The molecule has 0 amide bonds. The van der Waals surface area contributed by atoms with Crippen LogP contribution in [0.3, 0.4) is 0 Å². The molecule has 2 fully saturated rings. The lowest BCUT2D eigenvalue weighted by atomic mass is 9.68. The first-order chi connectivity index (χ1) is 17.8. The van der Waals surface area contributed by atoms with Crippen molar-refractivity contribution < 1.29 is 40.3 Å². The molecule has 8 nitrogen and oxygen atoms in total. The minimum atomic E-state index is -5.55. The Hall–Kier alpha value is -2.87. The predicted octanol–water partition coefficient (Wildman–Crippen LogP) is 4.49. The number of nitrogens with zero attached hydrogens (tertiary/aromatic N) is 3. The van der Waals surface area contributed by atoms with Gasteiger partial charge in [0.15, 0.2) is 5.92 Å². The summed E-state index contributed by atoms with van der Waals surface area (Å²) in [6, 6.07) is 5.44. The number of aryl methyl sites for hydroxylation is 1. The average Bonchev–Trinajstić information content (AvgIpc) is 3.25. The summed E-state index contributed by atoms with van der Waals surface area (Å²) in [5, 5.41) is 10.7. The molecule has 38 heavy (non-hydrogen) atoms. The third-order valence-electron chi connectivity index (χ3n) is 7.21. The van der Waals surface area contributed by atoms with Crippen molar-refractivity contribution in [1.29, 1.82) is 0 Å². The Kier molecular flexibility index (Phi) is 7.94. The summed E-state index contributed by atoms with van der Waals surface area (Å²) in [5.41, 5.74) is 5.52. The van der Waals surface area contributed by atoms with Crippen molar-refractivity contribution in [3.05, 3.63) is 30.2 Å². The Morgan fingerprint density at radius 1 is 1.13 bits per heavy atom. The lowest BCUT2D eigenvalue weighted by molar-refractivity contribution is -0.316. The van der Waals surface area contributed by atoms with E-state index in [9.17, 15) is 31.1 Å². The fourth-order valence-electron chi connectivity index (χ4n) is 5.59. The molecule has 1 aliphatic heterocycles. The van der Waals surface area contributed by atoms with Gasteiger partial charge in [-0.3, -0.25) is 4.79 Å². The van der Waals surface area contributed by atoms with Gasteiger partial charge in [-0.1, -0.05) is 12.8 Å². The van der Waals surface area contributed by atoms with Crippen LogP contribution in [0.4, 0.5) is 32.0 Å². The number of ether oxygens (including phenoxy) is 1. The second kappa shape index (κ2) is 10.7. The van der Waals surface area contributed by atoms with Crippen molar-refractivity contribution in [1.82, 2.24) is 15.5 Å². The fourth-order valence-corrected chi connectivity index (χ4v) is 5.59. The molecule has 4 rings (SSSR count). The van der Waals surface area contributed by atoms with Crippen LogP contribution in [0.25, 0.3) is 11.5 Å². The van der Waals surface area contributed by atoms with E-state index in [0.29, 0.717) is 43.2 Å². The maximum absolute atomic E-state index is 14.2. The van der Waals surface area contributed by atoms with Gasteiger partial charge in [0.1, 0.15) is 0 Å². The number of hydrogen-bond donors (Lipinski definition) is 2. The van der Waals surface area contributed by atoms with E-state index in [0.717, 1.165) is 5.69 Å². The predicted molar refractivity (Wildman–Crippen MR) is 124 cm³/mol. The van der Waals surface area contributed by atoms with Crippen LogP contribution >= 0.6 is 0 Å². The minimum absolute atomic E-state index is 0.131. The molecule has 4 atom stereocenters. The van der Waals surface area contributed by atoms with Gasteiger partial charge in [0.05, 0.1) is 5.54 Å². The van der Waals surface area contributed by atoms with E-state index in [1.54, 1.807) is 19.1 Å². The topological polar surface area (TPSA) is 107 Å². The Morgan fingerprint density at radius 3 is 2.42 bits per heavy atom. The number of carbonyl (C=O) groups is 1. The number of piperidine rings is 1. The van der Waals surface area contributed by atoms with Crippen LogP contribution in [0.1, 0.15) is 44.4 Å². The zero-order valence-corrected chi connectivity index (χ0v) is 20.6. The van der Waals surface area contributed by atoms with Crippen LogP contribution in [-0.2, 0) is 9.53 Å². The normalized spacial score (nSPS) is 25.7. The molecule has 0 radical (unpaired) electrons. The fraction of sp³-hybridized carbons (Fsp3) is 0.625. The smallest absolute Gasteiger partial charge is 0.421 e. The number of anilines is 1. The molecule has 0 spiro atoms. The first kappa shape index (κ1) is 28.1. The highest BCUT2D eigenvalue weighted by Crippen LogP contribution is 2.44. The Bertz CT molecular complexity index is 1110. The van der Waals surface area contributed by atoms with E-state index in [1.807, 2.05) is 17.0 Å². The first-order valence-electron chi connectivity index (χ1n) is 12.3. The number of carbonyl (C=O) groups excluding carboxylic acids is 1. The molecule has 3 N–H and O–H groups in total. The SMILES string of the molecule is Cc1nnc(-c2ccc(N3CCCC(NC4(C(C(=O)OC(F)(F)F)C(F)(F)F)CCCCC4N)C3)cc2)o1. The van der Waals surface area contributed by atoms with Gasteiger partial charge in [-0.05, 0) is 49.9 Å². The molecular formula is C24H29F6N5O3. The van der Waals surface area contributed by atoms with Crippen LogP contribution in [-0.4, -0.2) is 59.4 Å². The highest BCUT2D eigenvalue weighted by atomic mass is 19.4. The van der Waals surface area contributed by atoms with E-state index >= 15 is 0 Å². The number of nitrogens with two attached hydrogens (primary N) is 1. The monoisotopic (exact) mass is 549 g/mol. The first-order valence-corrected chi connectivity index (χ1v) is 12.3. The van der Waals surface area contributed by atoms with E-state index in [2.05, 4.69) is 20.3 Å². The van der Waals surface area contributed by atoms with Crippen molar-refractivity contribution >= 4 is 11.7 Å². The molecule has 210 valence electrons. The number of aromatic nitrogens is 2. The van der Waals surface area contributed by atoms with Gasteiger partial charge in [-0.25, -0.2) is 0 Å². The van der Waals surface area contributed by atoms with Crippen molar-refractivity contribution in [2.45, 2.75) is 75.6 Å². The minimum Gasteiger partial charge on any atom is -0.421 e. The van der Waals surface area contributed by atoms with E-state index in [1.165, 1.54) is 0 Å². The van der Waals surface area contributed by atoms with Gasteiger partial charge < -0.3 is 25.1 Å². The summed E-state index contributed by atoms with van der Waals surface area (Å²) < 4.78 is 89.8. The standard InChI is InChI=1S/C24H29F6N5O3/c1-14-33-34-20(37-14)15-7-9-17(10-8-15)35-12-4-5-16(13-35)32-22(11-3-2-6-18(22)31)19(23(25,26)27)21(36)38-24(28,29)30/h7-10,16,18-19,32H,2-6,11-13,31H2,1H3. The van der Waals surface area contributed by atoms with E-state index in [4.69, 9.17) is 10.2 Å². The quantitative estimate of drug-likeness (QED) is 0.401. The van der Waals surface area contributed by atoms with Crippen molar-refractivity contribution in [3.63, 3.8) is 0 Å². The molecule has 2 heterocycles. The number of hydrogen-bond acceptors (Lipinski definition) is 8. The van der Waals surface area contributed by atoms with E-state index < -0.39 is 42.0 Å². The number of benzene rings is 1. The number of halogens is 6. The summed E-state index contributed by atoms with van der Waals surface area (Å²) in [6.07, 6.45) is -9.08. The Morgan fingerprint density at radius 2 is 1.84 bits per heavy atom. The van der Waals surface area contributed by atoms with Crippen molar-refractivity contribution in [2.75, 3.05) is 18.0 Å². The molecule has 14 heteroatoms. The summed E-state index contributed by atoms with van der Waals surface area (Å²) in [6.45, 7) is 2.56. The van der Waals surface area contributed by atoms with Crippen LogP contribution < -0.4 is 16.0 Å². The maximum Gasteiger partial charge on any atom is 0.575 e. The van der Waals surface area contributed by atoms with E-state index in [-0.39, 0.29) is 25.8 Å². The van der Waals surface area contributed by atoms with Crippen LogP contribution in [0.15, 0.2) is 28.7 Å². The molecular weight excluding hydrogens is 520 g/mol. The van der Waals surface area contributed by atoms with Crippen LogP contribution in [0, 0.1) is 12.8 Å². The molecule has 0 bridgehead atoms. The molecule has 1 saturated heterocycles. The highest BCUT2D eigenvalue weighted by molar-refractivity contribution is 5.75. The molecule has 1 saturated carbocycles. The third-order valence-corrected chi connectivity index (χ3v) is 7.21. The molecule has 2 aromatic rings. The summed E-state index contributed by atoms with van der Waals surface area (Å²) in [7, 11) is 0. The molecule has 2 aliphatic rings. The largest absolute Gasteiger partial charge is 0.575 e. The number of nitrogens with one attached hydrogen (secondary N) is 1. The highest BCUT2D eigenvalue weighted by Gasteiger charge is 2.63. The zero-order valence-electron chi connectivity index (χ0n) is 20.6. The zero-order chi connectivity index (χ0) is 27.7.